The van der Waals surface area contributed by atoms with Gasteiger partial charge in [-0.3, -0.25) is 9.78 Å². The van der Waals surface area contributed by atoms with E-state index in [9.17, 15) is 18.0 Å². The minimum absolute atomic E-state index is 0.0395. The summed E-state index contributed by atoms with van der Waals surface area (Å²) in [5, 5.41) is 2.97. The van der Waals surface area contributed by atoms with Gasteiger partial charge in [-0.1, -0.05) is 0 Å². The number of nitrogens with zero attached hydrogens (tertiary/aromatic N) is 4. The Kier molecular flexibility index (Phi) is 4.79. The van der Waals surface area contributed by atoms with Crippen molar-refractivity contribution in [1.82, 2.24) is 19.9 Å². The zero-order valence-corrected chi connectivity index (χ0v) is 15.2. The zero-order valence-electron chi connectivity index (χ0n) is 15.2. The minimum atomic E-state index is -4.61. The fourth-order valence-corrected chi connectivity index (χ4v) is 2.96. The molecule has 0 aromatic carbocycles. The van der Waals surface area contributed by atoms with Crippen molar-refractivity contribution in [2.24, 2.45) is 0 Å². The number of nitrogens with one attached hydrogen (secondary N) is 1. The molecule has 3 heterocycles. The monoisotopic (exact) mass is 379 g/mol. The number of hydrogen-bond acceptors (Lipinski definition) is 5. The third-order valence-electron chi connectivity index (χ3n) is 4.24. The fourth-order valence-electron chi connectivity index (χ4n) is 2.96. The summed E-state index contributed by atoms with van der Waals surface area (Å²) in [6.07, 6.45) is -1.48. The number of hydrogen-bond donors (Lipinski definition) is 1. The number of alkyl halides is 3. The van der Waals surface area contributed by atoms with Crippen molar-refractivity contribution in [1.29, 1.82) is 0 Å². The van der Waals surface area contributed by atoms with Gasteiger partial charge in [-0.25, -0.2) is 9.97 Å². The standard InChI is InChI=1S/C18H20F3N5O/c1-17(2,3)26-10-12(8-15(26)27)23-14-9-13(18(19,20)21)24-16(25-14)11-4-6-22-7-5-11/h4-7,9,12H,8,10H2,1-3H3,(H,23,24,25). The number of likely N-dealkylation sites (tertiary alicyclic amines) is 1. The van der Waals surface area contributed by atoms with Crippen LogP contribution in [0.1, 0.15) is 32.9 Å². The van der Waals surface area contributed by atoms with Gasteiger partial charge in [-0.15, -0.1) is 0 Å². The maximum atomic E-state index is 13.3. The molecule has 2 aromatic rings. The summed E-state index contributed by atoms with van der Waals surface area (Å²) in [6, 6.07) is 3.63. The van der Waals surface area contributed by atoms with Crippen LogP contribution in [-0.2, 0) is 11.0 Å². The lowest BCUT2D eigenvalue weighted by molar-refractivity contribution is -0.141. The average molecular weight is 379 g/mol. The van der Waals surface area contributed by atoms with Crippen LogP contribution in [0.5, 0.6) is 0 Å². The first-order valence-corrected chi connectivity index (χ1v) is 8.48. The van der Waals surface area contributed by atoms with E-state index >= 15 is 0 Å². The third-order valence-corrected chi connectivity index (χ3v) is 4.24. The van der Waals surface area contributed by atoms with Gasteiger partial charge >= 0.3 is 6.18 Å². The van der Waals surface area contributed by atoms with Crippen molar-refractivity contribution in [3.63, 3.8) is 0 Å². The summed E-state index contributed by atoms with van der Waals surface area (Å²) in [6.45, 7) is 6.15. The Hall–Kier alpha value is -2.71. The van der Waals surface area contributed by atoms with Crippen LogP contribution in [0.4, 0.5) is 19.0 Å². The molecule has 6 nitrogen and oxygen atoms in total. The number of anilines is 1. The van der Waals surface area contributed by atoms with Gasteiger partial charge < -0.3 is 10.2 Å². The summed E-state index contributed by atoms with van der Waals surface area (Å²) in [5.41, 5.74) is -0.958. The largest absolute Gasteiger partial charge is 0.433 e. The Labute approximate surface area is 154 Å². The summed E-state index contributed by atoms with van der Waals surface area (Å²) in [5.74, 6) is -0.0520. The number of carbonyl (C=O) groups is 1. The first kappa shape index (κ1) is 19.1. The molecule has 1 amide bonds. The van der Waals surface area contributed by atoms with Crippen LogP contribution in [0, 0.1) is 0 Å². The molecule has 1 saturated heterocycles. The van der Waals surface area contributed by atoms with E-state index in [2.05, 4.69) is 20.3 Å². The van der Waals surface area contributed by atoms with E-state index in [1.165, 1.54) is 12.4 Å². The minimum Gasteiger partial charge on any atom is -0.365 e. The molecule has 0 bridgehead atoms. The highest BCUT2D eigenvalue weighted by atomic mass is 19.4. The Balaban J connectivity index is 1.90. The highest BCUT2D eigenvalue weighted by Crippen LogP contribution is 2.31. The van der Waals surface area contributed by atoms with E-state index in [0.29, 0.717) is 12.1 Å². The fraction of sp³-hybridized carbons (Fsp3) is 0.444. The molecule has 9 heteroatoms. The number of aromatic nitrogens is 3. The lowest BCUT2D eigenvalue weighted by Gasteiger charge is -2.32. The van der Waals surface area contributed by atoms with Crippen molar-refractivity contribution in [3.8, 4) is 11.4 Å². The van der Waals surface area contributed by atoms with Crippen molar-refractivity contribution < 1.29 is 18.0 Å². The number of amides is 1. The predicted octanol–water partition coefficient (Wildman–Crippen LogP) is 3.37. The Morgan fingerprint density at radius 3 is 2.37 bits per heavy atom. The molecule has 0 radical (unpaired) electrons. The van der Waals surface area contributed by atoms with Crippen LogP contribution in [0.2, 0.25) is 0 Å². The van der Waals surface area contributed by atoms with Crippen LogP contribution in [0.3, 0.4) is 0 Å². The Morgan fingerprint density at radius 2 is 1.81 bits per heavy atom. The highest BCUT2D eigenvalue weighted by Gasteiger charge is 2.37. The topological polar surface area (TPSA) is 71.0 Å². The lowest BCUT2D eigenvalue weighted by Crippen LogP contribution is -2.43. The molecule has 1 N–H and O–H groups in total. The molecule has 2 aromatic heterocycles. The SMILES string of the molecule is CC(C)(C)N1CC(Nc2cc(C(F)(F)F)nc(-c3ccncc3)n2)CC1=O. The van der Waals surface area contributed by atoms with Gasteiger partial charge in [0.25, 0.3) is 0 Å². The third kappa shape index (κ3) is 4.35. The first-order valence-electron chi connectivity index (χ1n) is 8.48. The maximum absolute atomic E-state index is 13.3. The molecular formula is C18H20F3N5O. The Bertz CT molecular complexity index is 833. The van der Waals surface area contributed by atoms with Crippen LogP contribution in [-0.4, -0.2) is 43.9 Å². The Morgan fingerprint density at radius 1 is 1.15 bits per heavy atom. The van der Waals surface area contributed by atoms with Gasteiger partial charge in [0.1, 0.15) is 5.82 Å². The quantitative estimate of drug-likeness (QED) is 0.885. The first-order chi connectivity index (χ1) is 12.5. The number of rotatable bonds is 3. The van der Waals surface area contributed by atoms with Gasteiger partial charge in [0, 0.05) is 42.5 Å². The second-order valence-corrected chi connectivity index (χ2v) is 7.42. The number of halogens is 3. The number of pyridine rings is 1. The molecule has 0 saturated carbocycles. The van der Waals surface area contributed by atoms with E-state index < -0.39 is 11.9 Å². The molecule has 27 heavy (non-hydrogen) atoms. The van der Waals surface area contributed by atoms with Crippen LogP contribution < -0.4 is 5.32 Å². The highest BCUT2D eigenvalue weighted by molar-refractivity contribution is 5.80. The van der Waals surface area contributed by atoms with Crippen molar-refractivity contribution in [3.05, 3.63) is 36.3 Å². The molecule has 0 spiro atoms. The summed E-state index contributed by atoms with van der Waals surface area (Å²) in [7, 11) is 0. The van der Waals surface area contributed by atoms with Gasteiger partial charge in [0.05, 0.1) is 6.04 Å². The van der Waals surface area contributed by atoms with E-state index in [-0.39, 0.29) is 35.6 Å². The smallest absolute Gasteiger partial charge is 0.365 e. The van der Waals surface area contributed by atoms with Crippen LogP contribution in [0.15, 0.2) is 30.6 Å². The molecule has 1 fully saturated rings. The van der Waals surface area contributed by atoms with Gasteiger partial charge in [-0.05, 0) is 32.9 Å². The molecule has 3 rings (SSSR count). The molecule has 1 aliphatic heterocycles. The van der Waals surface area contributed by atoms with Crippen molar-refractivity contribution in [2.75, 3.05) is 11.9 Å². The second-order valence-electron chi connectivity index (χ2n) is 7.42. The normalized spacial score (nSPS) is 18.1. The van der Waals surface area contributed by atoms with Gasteiger partial charge in [0.2, 0.25) is 5.91 Å². The van der Waals surface area contributed by atoms with Crippen LogP contribution >= 0.6 is 0 Å². The summed E-state index contributed by atoms with van der Waals surface area (Å²) in [4.78, 5) is 25.6. The lowest BCUT2D eigenvalue weighted by atomic mass is 10.1. The summed E-state index contributed by atoms with van der Waals surface area (Å²) >= 11 is 0. The molecular weight excluding hydrogens is 359 g/mol. The maximum Gasteiger partial charge on any atom is 0.433 e. The van der Waals surface area contributed by atoms with Crippen molar-refractivity contribution >= 4 is 11.7 Å². The average Bonchev–Trinajstić information content (AvgIpc) is 2.95. The molecule has 0 aliphatic carbocycles. The second kappa shape index (κ2) is 6.79. The number of carbonyl (C=O) groups excluding carboxylic acids is 1. The summed E-state index contributed by atoms with van der Waals surface area (Å²) < 4.78 is 39.8. The molecule has 1 atom stereocenters. The molecule has 1 aliphatic rings. The van der Waals surface area contributed by atoms with E-state index in [1.807, 2.05) is 20.8 Å². The molecule has 144 valence electrons. The molecule has 1 unspecified atom stereocenters. The van der Waals surface area contributed by atoms with Gasteiger partial charge in [0.15, 0.2) is 11.5 Å². The van der Waals surface area contributed by atoms with E-state index in [1.54, 1.807) is 17.0 Å². The van der Waals surface area contributed by atoms with E-state index in [0.717, 1.165) is 6.07 Å². The predicted molar refractivity (Wildman–Crippen MR) is 93.8 cm³/mol. The zero-order chi connectivity index (χ0) is 19.8. The van der Waals surface area contributed by atoms with Crippen molar-refractivity contribution in [2.45, 2.75) is 44.9 Å². The van der Waals surface area contributed by atoms with Gasteiger partial charge in [-0.2, -0.15) is 13.2 Å². The van der Waals surface area contributed by atoms with E-state index in [4.69, 9.17) is 0 Å². The van der Waals surface area contributed by atoms with Crippen LogP contribution in [0.25, 0.3) is 11.4 Å².